The van der Waals surface area contributed by atoms with Crippen LogP contribution in [0.1, 0.15) is 66.0 Å². The summed E-state index contributed by atoms with van der Waals surface area (Å²) in [4.78, 5) is 13.8. The fourth-order valence-electron chi connectivity index (χ4n) is 4.42. The Kier molecular flexibility index (Phi) is 7.20. The average Bonchev–Trinajstić information content (AvgIpc) is 3.25. The van der Waals surface area contributed by atoms with Crippen molar-refractivity contribution in [1.29, 1.82) is 0 Å². The second-order valence-corrected chi connectivity index (χ2v) is 16.7. The van der Waals surface area contributed by atoms with Crippen LogP contribution < -0.4 is 4.74 Å². The predicted octanol–water partition coefficient (Wildman–Crippen LogP) is 5.95. The topological polar surface area (TPSA) is 71.3 Å². The molecule has 1 unspecified atom stereocenters. The molecule has 1 saturated heterocycles. The van der Waals surface area contributed by atoms with Gasteiger partial charge in [-0.25, -0.2) is 9.97 Å². The molecule has 1 aliphatic heterocycles. The number of nitrogens with zero attached hydrogens (tertiary/aromatic N) is 4. The van der Waals surface area contributed by atoms with Crippen molar-refractivity contribution in [2.24, 2.45) is 11.8 Å². The normalized spacial score (nSPS) is 27.2. The van der Waals surface area contributed by atoms with Gasteiger partial charge in [-0.1, -0.05) is 27.7 Å². The van der Waals surface area contributed by atoms with E-state index in [1.807, 2.05) is 0 Å². The highest BCUT2D eigenvalue weighted by Crippen LogP contribution is 2.40. The molecule has 0 radical (unpaired) electrons. The first kappa shape index (κ1) is 24.3. The number of hydrogen-bond donors (Lipinski definition) is 0. The van der Waals surface area contributed by atoms with Crippen molar-refractivity contribution in [2.75, 3.05) is 13.2 Å². The van der Waals surface area contributed by atoms with Gasteiger partial charge in [0.15, 0.2) is 23.3 Å². The molecule has 0 amide bonds. The Labute approximate surface area is 206 Å². The Morgan fingerprint density at radius 1 is 1.22 bits per heavy atom. The molecule has 1 aliphatic carbocycles. The highest BCUT2D eigenvalue weighted by atomic mass is 127. The SMILES string of the molecule is C[C@H]1C[C@H](Oc2ncnc3c2nc(I)n3C2CCCCO2)C[C@H]1CO[Si](C)(C)C(C)(C)C. The number of halogens is 1. The smallest absolute Gasteiger partial charge is 0.245 e. The number of fused-ring (bicyclic) bond motifs is 1. The van der Waals surface area contributed by atoms with Crippen molar-refractivity contribution in [3.8, 4) is 5.88 Å². The van der Waals surface area contributed by atoms with Crippen LogP contribution in [0.15, 0.2) is 6.33 Å². The van der Waals surface area contributed by atoms with Crippen LogP contribution in [0.4, 0.5) is 0 Å². The number of hydrogen-bond acceptors (Lipinski definition) is 6. The zero-order valence-corrected chi connectivity index (χ0v) is 23.4. The monoisotopic (exact) mass is 572 g/mol. The summed E-state index contributed by atoms with van der Waals surface area (Å²) in [6, 6.07) is 0. The third-order valence-corrected chi connectivity index (χ3v) is 12.9. The van der Waals surface area contributed by atoms with Crippen LogP contribution in [0.2, 0.25) is 18.1 Å². The Morgan fingerprint density at radius 2 is 2.00 bits per heavy atom. The van der Waals surface area contributed by atoms with Crippen molar-refractivity contribution >= 4 is 42.1 Å². The summed E-state index contributed by atoms with van der Waals surface area (Å²) in [5.74, 6) is 1.67. The van der Waals surface area contributed by atoms with E-state index in [0.29, 0.717) is 17.7 Å². The van der Waals surface area contributed by atoms with Gasteiger partial charge in [0.25, 0.3) is 0 Å². The highest BCUT2D eigenvalue weighted by molar-refractivity contribution is 14.1. The molecule has 3 heterocycles. The maximum Gasteiger partial charge on any atom is 0.245 e. The van der Waals surface area contributed by atoms with Crippen molar-refractivity contribution < 1.29 is 13.9 Å². The molecule has 2 aromatic heterocycles. The summed E-state index contributed by atoms with van der Waals surface area (Å²) in [6.07, 6.45) is 6.97. The van der Waals surface area contributed by atoms with Crippen molar-refractivity contribution in [2.45, 2.75) is 90.3 Å². The van der Waals surface area contributed by atoms with Gasteiger partial charge in [0.05, 0.1) is 0 Å². The van der Waals surface area contributed by atoms with E-state index in [2.05, 4.69) is 77.9 Å². The van der Waals surface area contributed by atoms with E-state index in [0.717, 1.165) is 60.3 Å². The van der Waals surface area contributed by atoms with Crippen molar-refractivity contribution in [3.05, 3.63) is 10.2 Å². The number of aromatic nitrogens is 4. The van der Waals surface area contributed by atoms with E-state index >= 15 is 0 Å². The summed E-state index contributed by atoms with van der Waals surface area (Å²) in [5, 5.41) is 0.231. The van der Waals surface area contributed by atoms with Gasteiger partial charge in [-0.05, 0) is 62.1 Å². The molecule has 0 N–H and O–H groups in total. The zero-order valence-electron chi connectivity index (χ0n) is 20.2. The summed E-state index contributed by atoms with van der Waals surface area (Å²) < 4.78 is 21.9. The summed E-state index contributed by atoms with van der Waals surface area (Å²) in [6.45, 7) is 15.5. The summed E-state index contributed by atoms with van der Waals surface area (Å²) in [5.41, 5.74) is 1.54. The van der Waals surface area contributed by atoms with E-state index in [-0.39, 0.29) is 17.4 Å². The maximum absolute atomic E-state index is 6.53. The molecule has 0 bridgehead atoms. The predicted molar refractivity (Wildman–Crippen MR) is 136 cm³/mol. The second-order valence-electron chi connectivity index (χ2n) is 10.9. The second kappa shape index (κ2) is 9.46. The fourth-order valence-corrected chi connectivity index (χ4v) is 6.27. The fraction of sp³-hybridized carbons (Fsp3) is 0.783. The van der Waals surface area contributed by atoms with Gasteiger partial charge < -0.3 is 13.9 Å². The largest absolute Gasteiger partial charge is 0.473 e. The molecule has 32 heavy (non-hydrogen) atoms. The first-order valence-corrected chi connectivity index (χ1v) is 15.9. The molecule has 4 rings (SSSR count). The minimum atomic E-state index is -1.74. The van der Waals surface area contributed by atoms with Crippen LogP contribution in [-0.2, 0) is 9.16 Å². The quantitative estimate of drug-likeness (QED) is 0.242. The minimum absolute atomic E-state index is 0.00762. The molecule has 2 aliphatic rings. The summed E-state index contributed by atoms with van der Waals surface area (Å²) >= 11 is 2.26. The van der Waals surface area contributed by atoms with Crippen LogP contribution in [0.3, 0.4) is 0 Å². The molecule has 1 saturated carbocycles. The van der Waals surface area contributed by atoms with Crippen molar-refractivity contribution in [1.82, 2.24) is 19.5 Å². The Bertz CT molecular complexity index is 939. The standard InChI is InChI=1S/C23H37IN4O3Si/c1-15-11-17(12-16(15)13-30-32(5,6)23(2,3)4)31-21-19-20(25-14-26-21)28(22(24)27-19)18-9-7-8-10-29-18/h14-18H,7-13H2,1-6H3/t15-,16-,17-,18?/m0/s1. The average molecular weight is 573 g/mol. The third kappa shape index (κ3) is 5.00. The third-order valence-electron chi connectivity index (χ3n) is 7.59. The molecule has 0 spiro atoms. The van der Waals surface area contributed by atoms with Gasteiger partial charge in [0.2, 0.25) is 5.88 Å². The van der Waals surface area contributed by atoms with E-state index in [1.54, 1.807) is 6.33 Å². The minimum Gasteiger partial charge on any atom is -0.473 e. The summed E-state index contributed by atoms with van der Waals surface area (Å²) in [7, 11) is -1.74. The molecule has 4 atom stereocenters. The molecule has 2 fully saturated rings. The molecule has 7 nitrogen and oxygen atoms in total. The first-order valence-electron chi connectivity index (χ1n) is 11.9. The van der Waals surface area contributed by atoms with Gasteiger partial charge in [0, 0.05) is 35.8 Å². The zero-order chi connectivity index (χ0) is 23.1. The Balaban J connectivity index is 1.46. The maximum atomic E-state index is 6.53. The lowest BCUT2D eigenvalue weighted by Gasteiger charge is -2.37. The Hall–Kier alpha value is -0.783. The highest BCUT2D eigenvalue weighted by Gasteiger charge is 2.40. The first-order chi connectivity index (χ1) is 15.1. The lowest BCUT2D eigenvalue weighted by atomic mass is 10.00. The van der Waals surface area contributed by atoms with E-state index in [1.165, 1.54) is 0 Å². The molecular formula is C23H37IN4O3Si. The van der Waals surface area contributed by atoms with Gasteiger partial charge in [-0.3, -0.25) is 4.57 Å². The van der Waals surface area contributed by atoms with E-state index in [9.17, 15) is 0 Å². The van der Waals surface area contributed by atoms with Gasteiger partial charge in [-0.15, -0.1) is 0 Å². The number of imidazole rings is 1. The van der Waals surface area contributed by atoms with E-state index in [4.69, 9.17) is 18.9 Å². The van der Waals surface area contributed by atoms with Crippen molar-refractivity contribution in [3.63, 3.8) is 0 Å². The Morgan fingerprint density at radius 3 is 2.69 bits per heavy atom. The van der Waals surface area contributed by atoms with Gasteiger partial charge >= 0.3 is 0 Å². The van der Waals surface area contributed by atoms with Crippen LogP contribution in [-0.4, -0.2) is 47.2 Å². The lowest BCUT2D eigenvalue weighted by Crippen LogP contribution is -2.42. The lowest BCUT2D eigenvalue weighted by molar-refractivity contribution is -0.0313. The number of ether oxygens (including phenoxy) is 2. The number of rotatable bonds is 6. The molecular weight excluding hydrogens is 535 g/mol. The van der Waals surface area contributed by atoms with Crippen LogP contribution >= 0.6 is 22.6 Å². The van der Waals surface area contributed by atoms with E-state index < -0.39 is 8.32 Å². The molecule has 0 aromatic carbocycles. The molecule has 2 aromatic rings. The van der Waals surface area contributed by atoms with Crippen LogP contribution in [0.25, 0.3) is 11.2 Å². The van der Waals surface area contributed by atoms with Crippen LogP contribution in [0.5, 0.6) is 5.88 Å². The molecule has 178 valence electrons. The van der Waals surface area contributed by atoms with Crippen LogP contribution in [0, 0.1) is 15.7 Å². The molecule has 9 heteroatoms. The van der Waals surface area contributed by atoms with Gasteiger partial charge in [-0.2, -0.15) is 4.98 Å². The van der Waals surface area contributed by atoms with Gasteiger partial charge in [0.1, 0.15) is 18.7 Å².